The average Bonchev–Trinajstić information content (AvgIpc) is 1.82. The van der Waals surface area contributed by atoms with E-state index < -0.39 is 0 Å². The van der Waals surface area contributed by atoms with Crippen LogP contribution in [0.4, 0.5) is 0 Å². The molecule has 0 aromatic heterocycles. The topological polar surface area (TPSA) is 33.0 Å². The average molecular weight is 165 g/mol. The monoisotopic (exact) mass is 165 g/mol. The van der Waals surface area contributed by atoms with Gasteiger partial charge in [-0.25, -0.2) is 0 Å². The lowest BCUT2D eigenvalue weighted by atomic mass is 9.36. The first-order chi connectivity index (χ1) is 5.60. The van der Waals surface area contributed by atoms with Gasteiger partial charge in [-0.2, -0.15) is 5.26 Å². The normalized spacial score (nSPS) is 43.2. The molecule has 3 saturated carbocycles. The predicted molar refractivity (Wildman–Crippen MR) is 45.4 cm³/mol. The van der Waals surface area contributed by atoms with E-state index in [0.29, 0.717) is 11.5 Å². The molecule has 3 aliphatic rings. The molecule has 0 atom stereocenters. The summed E-state index contributed by atoms with van der Waals surface area (Å²) in [6.45, 7) is 4.99. The van der Waals surface area contributed by atoms with Gasteiger partial charge in [0.05, 0.1) is 24.2 Å². The van der Waals surface area contributed by atoms with Gasteiger partial charge in [-0.05, 0) is 38.5 Å². The largest absolute Gasteiger partial charge is 0.378 e. The van der Waals surface area contributed by atoms with Crippen LogP contribution >= 0.6 is 0 Å². The third-order valence-corrected chi connectivity index (χ3v) is 3.10. The summed E-state index contributed by atoms with van der Waals surface area (Å²) >= 11 is 0. The molecule has 0 N–H and O–H groups in total. The maximum absolute atomic E-state index is 8.78. The summed E-state index contributed by atoms with van der Waals surface area (Å²) in [5.74, 6) is 0. The highest BCUT2D eigenvalue weighted by Gasteiger charge is 2.68. The number of hydrogen-bond donors (Lipinski definition) is 0. The lowest BCUT2D eigenvalue weighted by Gasteiger charge is -2.67. The SMILES string of the molecule is CC(C)OCC12CC(C#N)(C1)C2. The first-order valence-corrected chi connectivity index (χ1v) is 4.63. The van der Waals surface area contributed by atoms with Crippen molar-refractivity contribution in [2.24, 2.45) is 10.8 Å². The zero-order valence-electron chi connectivity index (χ0n) is 7.76. The zero-order chi connectivity index (χ0) is 8.82. The van der Waals surface area contributed by atoms with Crippen LogP contribution in [0.5, 0.6) is 0 Å². The van der Waals surface area contributed by atoms with E-state index in [1.165, 1.54) is 0 Å². The number of rotatable bonds is 3. The third kappa shape index (κ3) is 0.964. The Bertz CT molecular complexity index is 219. The molecule has 0 aliphatic heterocycles. The Hall–Kier alpha value is -0.550. The van der Waals surface area contributed by atoms with Crippen molar-refractivity contribution >= 4 is 0 Å². The molecule has 3 aliphatic carbocycles. The van der Waals surface area contributed by atoms with Gasteiger partial charge in [0, 0.05) is 0 Å². The van der Waals surface area contributed by atoms with Crippen LogP contribution in [0.25, 0.3) is 0 Å². The molecule has 0 amide bonds. The molecule has 3 rings (SSSR count). The molecule has 12 heavy (non-hydrogen) atoms. The molecule has 0 heterocycles. The zero-order valence-corrected chi connectivity index (χ0v) is 7.76. The lowest BCUT2D eigenvalue weighted by molar-refractivity contribution is -0.204. The maximum atomic E-state index is 8.78. The lowest BCUT2D eigenvalue weighted by Crippen LogP contribution is -2.63. The Kier molecular flexibility index (Phi) is 1.50. The minimum atomic E-state index is 0.0837. The fraction of sp³-hybridized carbons (Fsp3) is 0.900. The number of nitriles is 1. The standard InChI is InChI=1S/C10H15NO/c1-8(2)12-7-10-3-9(4-10,5-10)6-11/h8H,3-5,7H2,1-2H3. The second-order valence-corrected chi connectivity index (χ2v) is 4.78. The highest BCUT2D eigenvalue weighted by molar-refractivity contribution is 5.25. The van der Waals surface area contributed by atoms with Crippen LogP contribution in [-0.4, -0.2) is 12.7 Å². The molecule has 0 spiro atoms. The second-order valence-electron chi connectivity index (χ2n) is 4.78. The minimum absolute atomic E-state index is 0.0837. The first-order valence-electron chi connectivity index (χ1n) is 4.63. The van der Waals surface area contributed by atoms with Crippen LogP contribution in [-0.2, 0) is 4.74 Å². The van der Waals surface area contributed by atoms with Crippen LogP contribution in [0.2, 0.25) is 0 Å². The number of hydrogen-bond acceptors (Lipinski definition) is 2. The summed E-state index contributed by atoms with van der Waals surface area (Å²) in [5.41, 5.74) is 0.500. The molecule has 0 unspecified atom stereocenters. The summed E-state index contributed by atoms with van der Waals surface area (Å²) in [5, 5.41) is 8.78. The molecule has 2 nitrogen and oxygen atoms in total. The van der Waals surface area contributed by atoms with E-state index in [2.05, 4.69) is 19.9 Å². The van der Waals surface area contributed by atoms with Crippen molar-refractivity contribution in [1.82, 2.24) is 0 Å². The van der Waals surface area contributed by atoms with E-state index in [0.717, 1.165) is 25.9 Å². The van der Waals surface area contributed by atoms with Crippen molar-refractivity contribution in [1.29, 1.82) is 5.26 Å². The summed E-state index contributed by atoms with van der Waals surface area (Å²) in [6, 6.07) is 2.40. The van der Waals surface area contributed by atoms with E-state index in [-0.39, 0.29) is 5.41 Å². The summed E-state index contributed by atoms with van der Waals surface area (Å²) < 4.78 is 5.57. The van der Waals surface area contributed by atoms with Crippen molar-refractivity contribution in [3.05, 3.63) is 0 Å². The summed E-state index contributed by atoms with van der Waals surface area (Å²) in [6.07, 6.45) is 3.59. The van der Waals surface area contributed by atoms with E-state index in [9.17, 15) is 0 Å². The van der Waals surface area contributed by atoms with Crippen molar-refractivity contribution in [2.45, 2.75) is 39.2 Å². The molecular formula is C10H15NO. The Balaban J connectivity index is 1.78. The Labute approximate surface area is 73.5 Å². The Morgan fingerprint density at radius 2 is 2.00 bits per heavy atom. The fourth-order valence-corrected chi connectivity index (χ4v) is 2.61. The summed E-state index contributed by atoms with van der Waals surface area (Å²) in [4.78, 5) is 0. The van der Waals surface area contributed by atoms with Gasteiger partial charge in [0.15, 0.2) is 0 Å². The van der Waals surface area contributed by atoms with Gasteiger partial charge in [0.25, 0.3) is 0 Å². The highest BCUT2D eigenvalue weighted by Crippen LogP contribution is 2.72. The smallest absolute Gasteiger partial charge is 0.0690 e. The van der Waals surface area contributed by atoms with Gasteiger partial charge < -0.3 is 4.74 Å². The van der Waals surface area contributed by atoms with Crippen molar-refractivity contribution < 1.29 is 4.74 Å². The van der Waals surface area contributed by atoms with Gasteiger partial charge in [-0.3, -0.25) is 0 Å². The molecule has 0 aromatic rings. The molecular weight excluding hydrogens is 150 g/mol. The van der Waals surface area contributed by atoms with E-state index in [1.807, 2.05) is 0 Å². The molecule has 2 heteroatoms. The third-order valence-electron chi connectivity index (χ3n) is 3.10. The highest BCUT2D eigenvalue weighted by atomic mass is 16.5. The number of nitrogens with zero attached hydrogens (tertiary/aromatic N) is 1. The Morgan fingerprint density at radius 1 is 1.42 bits per heavy atom. The van der Waals surface area contributed by atoms with E-state index >= 15 is 0 Å². The van der Waals surface area contributed by atoms with Crippen molar-refractivity contribution in [3.8, 4) is 6.07 Å². The molecule has 3 fully saturated rings. The quantitative estimate of drug-likeness (QED) is 0.641. The van der Waals surface area contributed by atoms with Crippen LogP contribution in [0.15, 0.2) is 0 Å². The van der Waals surface area contributed by atoms with E-state index in [1.54, 1.807) is 0 Å². The second kappa shape index (κ2) is 2.23. The maximum Gasteiger partial charge on any atom is 0.0690 e. The van der Waals surface area contributed by atoms with Gasteiger partial charge >= 0.3 is 0 Å². The first kappa shape index (κ1) is 8.07. The summed E-state index contributed by atoms with van der Waals surface area (Å²) in [7, 11) is 0. The van der Waals surface area contributed by atoms with Crippen LogP contribution in [0.3, 0.4) is 0 Å². The van der Waals surface area contributed by atoms with E-state index in [4.69, 9.17) is 10.00 Å². The molecule has 66 valence electrons. The van der Waals surface area contributed by atoms with Crippen molar-refractivity contribution in [2.75, 3.05) is 6.61 Å². The molecule has 0 saturated heterocycles. The molecule has 0 radical (unpaired) electrons. The van der Waals surface area contributed by atoms with Crippen LogP contribution in [0, 0.1) is 22.2 Å². The fourth-order valence-electron chi connectivity index (χ4n) is 2.61. The number of ether oxygens (including phenoxy) is 1. The van der Waals surface area contributed by atoms with Gasteiger partial charge in [0.2, 0.25) is 0 Å². The minimum Gasteiger partial charge on any atom is -0.378 e. The van der Waals surface area contributed by atoms with Crippen LogP contribution in [0.1, 0.15) is 33.1 Å². The molecule has 0 aromatic carbocycles. The van der Waals surface area contributed by atoms with Gasteiger partial charge in [0.1, 0.15) is 0 Å². The van der Waals surface area contributed by atoms with Crippen molar-refractivity contribution in [3.63, 3.8) is 0 Å². The molecule has 2 bridgehead atoms. The van der Waals surface area contributed by atoms with Gasteiger partial charge in [-0.1, -0.05) is 0 Å². The predicted octanol–water partition coefficient (Wildman–Crippen LogP) is 2.11. The Morgan fingerprint density at radius 3 is 2.42 bits per heavy atom. The van der Waals surface area contributed by atoms with Crippen LogP contribution < -0.4 is 0 Å². The van der Waals surface area contributed by atoms with Gasteiger partial charge in [-0.15, -0.1) is 0 Å².